The van der Waals surface area contributed by atoms with Crippen LogP contribution in [0.2, 0.25) is 0 Å². The second-order valence-corrected chi connectivity index (χ2v) is 5.31. The maximum Gasteiger partial charge on any atom is 0.307 e. The largest absolute Gasteiger partial charge is 0.481 e. The van der Waals surface area contributed by atoms with Gasteiger partial charge in [-0.2, -0.15) is 0 Å². The first-order valence-corrected chi connectivity index (χ1v) is 6.46. The van der Waals surface area contributed by atoms with Crippen molar-refractivity contribution in [2.24, 2.45) is 5.92 Å². The maximum absolute atomic E-state index is 11.1. The van der Waals surface area contributed by atoms with Gasteiger partial charge in [0, 0.05) is 11.4 Å². The molecule has 0 saturated heterocycles. The van der Waals surface area contributed by atoms with Crippen molar-refractivity contribution in [3.05, 3.63) is 24.4 Å². The van der Waals surface area contributed by atoms with Crippen LogP contribution in [-0.4, -0.2) is 21.3 Å². The van der Waals surface area contributed by atoms with Gasteiger partial charge in [0.15, 0.2) is 0 Å². The molecule has 0 bridgehead atoms. The van der Waals surface area contributed by atoms with Crippen LogP contribution in [0, 0.1) is 5.92 Å². The van der Waals surface area contributed by atoms with E-state index in [2.05, 4.69) is 4.98 Å². The van der Waals surface area contributed by atoms with Gasteiger partial charge < -0.3 is 5.11 Å². The van der Waals surface area contributed by atoms with E-state index >= 15 is 0 Å². The highest BCUT2D eigenvalue weighted by atomic mass is 32.2. The number of hydrogen-bond acceptors (Lipinski definition) is 3. The number of aliphatic carboxylic acids is 1. The third-order valence-electron chi connectivity index (χ3n) is 2.93. The number of hydrogen-bond donors (Lipinski definition) is 1. The molecular formula is C12H15NO2S. The molecule has 3 nitrogen and oxygen atoms in total. The predicted octanol–water partition coefficient (Wildman–Crippen LogP) is 2.82. The fourth-order valence-electron chi connectivity index (χ4n) is 2.09. The Kier molecular flexibility index (Phi) is 3.83. The minimum atomic E-state index is -0.659. The Bertz CT molecular complexity index is 355. The minimum absolute atomic E-state index is 0.182. The zero-order valence-electron chi connectivity index (χ0n) is 9.00. The van der Waals surface area contributed by atoms with Gasteiger partial charge in [0.05, 0.1) is 10.9 Å². The first kappa shape index (κ1) is 11.5. The van der Waals surface area contributed by atoms with Crippen LogP contribution in [0.4, 0.5) is 0 Å². The Morgan fingerprint density at radius 3 is 2.88 bits per heavy atom. The molecule has 1 heterocycles. The highest BCUT2D eigenvalue weighted by molar-refractivity contribution is 7.99. The standard InChI is InChI=1S/C12H15NO2S/c14-12(15)9-5-1-2-6-10(9)16-11-7-3-4-8-13-11/h3-4,7-10H,1-2,5-6H2,(H,14,15). The molecule has 1 aromatic rings. The van der Waals surface area contributed by atoms with Crippen LogP contribution in [0.5, 0.6) is 0 Å². The van der Waals surface area contributed by atoms with E-state index in [1.165, 1.54) is 0 Å². The van der Waals surface area contributed by atoms with Crippen LogP contribution in [0.15, 0.2) is 29.4 Å². The molecule has 16 heavy (non-hydrogen) atoms. The van der Waals surface area contributed by atoms with Gasteiger partial charge in [0.25, 0.3) is 0 Å². The summed E-state index contributed by atoms with van der Waals surface area (Å²) in [5.41, 5.74) is 0. The van der Waals surface area contributed by atoms with Crippen LogP contribution in [-0.2, 0) is 4.79 Å². The van der Waals surface area contributed by atoms with E-state index < -0.39 is 5.97 Å². The van der Waals surface area contributed by atoms with Gasteiger partial charge in [-0.1, -0.05) is 18.9 Å². The Morgan fingerprint density at radius 2 is 2.19 bits per heavy atom. The lowest BCUT2D eigenvalue weighted by molar-refractivity contribution is -0.142. The molecule has 0 aromatic carbocycles. The molecule has 0 radical (unpaired) electrons. The lowest BCUT2D eigenvalue weighted by atomic mass is 9.89. The molecular weight excluding hydrogens is 222 g/mol. The molecule has 2 atom stereocenters. The monoisotopic (exact) mass is 237 g/mol. The zero-order valence-corrected chi connectivity index (χ0v) is 9.82. The molecule has 1 fully saturated rings. The molecule has 4 heteroatoms. The number of rotatable bonds is 3. The van der Waals surface area contributed by atoms with Crippen molar-refractivity contribution in [3.63, 3.8) is 0 Å². The second kappa shape index (κ2) is 5.34. The maximum atomic E-state index is 11.1. The summed E-state index contributed by atoms with van der Waals surface area (Å²) >= 11 is 1.61. The number of pyridine rings is 1. The van der Waals surface area contributed by atoms with E-state index in [-0.39, 0.29) is 11.2 Å². The van der Waals surface area contributed by atoms with Gasteiger partial charge in [0.2, 0.25) is 0 Å². The summed E-state index contributed by atoms with van der Waals surface area (Å²) in [6.45, 7) is 0. The smallest absolute Gasteiger partial charge is 0.307 e. The van der Waals surface area contributed by atoms with Crippen molar-refractivity contribution in [1.82, 2.24) is 4.98 Å². The third kappa shape index (κ3) is 2.76. The van der Waals surface area contributed by atoms with Gasteiger partial charge in [-0.15, -0.1) is 11.8 Å². The minimum Gasteiger partial charge on any atom is -0.481 e. The molecule has 1 saturated carbocycles. The molecule has 0 amide bonds. The highest BCUT2D eigenvalue weighted by Gasteiger charge is 2.31. The quantitative estimate of drug-likeness (QED) is 0.878. The van der Waals surface area contributed by atoms with Gasteiger partial charge in [0.1, 0.15) is 0 Å². The van der Waals surface area contributed by atoms with Gasteiger partial charge in [-0.05, 0) is 25.0 Å². The van der Waals surface area contributed by atoms with Crippen molar-refractivity contribution in [1.29, 1.82) is 0 Å². The normalized spacial score (nSPS) is 25.2. The third-order valence-corrected chi connectivity index (χ3v) is 4.28. The molecule has 0 aliphatic heterocycles. The van der Waals surface area contributed by atoms with Crippen LogP contribution in [0.1, 0.15) is 25.7 Å². The number of aromatic nitrogens is 1. The van der Waals surface area contributed by atoms with Crippen molar-refractivity contribution < 1.29 is 9.90 Å². The SMILES string of the molecule is O=C(O)C1CCCCC1Sc1ccccn1. The van der Waals surface area contributed by atoms with Crippen LogP contribution in [0.3, 0.4) is 0 Å². The molecule has 1 N–H and O–H groups in total. The first-order valence-electron chi connectivity index (χ1n) is 5.58. The Labute approximate surface area is 99.3 Å². The Hall–Kier alpha value is -1.03. The highest BCUT2D eigenvalue weighted by Crippen LogP contribution is 2.36. The number of thioether (sulfide) groups is 1. The van der Waals surface area contributed by atoms with Crippen LogP contribution < -0.4 is 0 Å². The van der Waals surface area contributed by atoms with Gasteiger partial charge in [-0.3, -0.25) is 4.79 Å². The fraction of sp³-hybridized carbons (Fsp3) is 0.500. The van der Waals surface area contributed by atoms with Crippen molar-refractivity contribution in [3.8, 4) is 0 Å². The molecule has 0 spiro atoms. The molecule has 1 aromatic heterocycles. The van der Waals surface area contributed by atoms with E-state index in [0.717, 1.165) is 30.7 Å². The number of carboxylic acids is 1. The summed E-state index contributed by atoms with van der Waals surface area (Å²) in [4.78, 5) is 15.4. The molecule has 1 aliphatic rings. The molecule has 2 unspecified atom stereocenters. The fourth-order valence-corrected chi connectivity index (χ4v) is 3.38. The van der Waals surface area contributed by atoms with E-state index in [1.807, 2.05) is 18.2 Å². The van der Waals surface area contributed by atoms with Gasteiger partial charge in [-0.25, -0.2) is 4.98 Å². The molecule has 1 aliphatic carbocycles. The Morgan fingerprint density at radius 1 is 1.38 bits per heavy atom. The first-order chi connectivity index (χ1) is 7.77. The summed E-state index contributed by atoms with van der Waals surface area (Å²) in [6.07, 6.45) is 5.71. The summed E-state index contributed by atoms with van der Waals surface area (Å²) in [5, 5.41) is 10.3. The number of carbonyl (C=O) groups is 1. The summed E-state index contributed by atoms with van der Waals surface area (Å²) in [6, 6.07) is 5.76. The lowest BCUT2D eigenvalue weighted by Gasteiger charge is -2.27. The summed E-state index contributed by atoms with van der Waals surface area (Å²) < 4.78 is 0. The average Bonchev–Trinajstić information content (AvgIpc) is 2.31. The van der Waals surface area contributed by atoms with E-state index in [9.17, 15) is 4.79 Å². The summed E-state index contributed by atoms with van der Waals surface area (Å²) in [5.74, 6) is -0.867. The van der Waals surface area contributed by atoms with Crippen LogP contribution >= 0.6 is 11.8 Å². The Balaban J connectivity index is 2.04. The molecule has 86 valence electrons. The van der Waals surface area contributed by atoms with E-state index in [1.54, 1.807) is 18.0 Å². The number of carboxylic acid groups (broad SMARTS) is 1. The average molecular weight is 237 g/mol. The van der Waals surface area contributed by atoms with E-state index in [0.29, 0.717) is 0 Å². The number of nitrogens with zero attached hydrogens (tertiary/aromatic N) is 1. The van der Waals surface area contributed by atoms with Crippen molar-refractivity contribution in [2.75, 3.05) is 0 Å². The second-order valence-electron chi connectivity index (χ2n) is 4.05. The lowest BCUT2D eigenvalue weighted by Crippen LogP contribution is -2.29. The van der Waals surface area contributed by atoms with Crippen molar-refractivity contribution >= 4 is 17.7 Å². The van der Waals surface area contributed by atoms with E-state index in [4.69, 9.17) is 5.11 Å². The predicted molar refractivity (Wildman–Crippen MR) is 63.5 cm³/mol. The topological polar surface area (TPSA) is 50.2 Å². The van der Waals surface area contributed by atoms with Gasteiger partial charge >= 0.3 is 5.97 Å². The van der Waals surface area contributed by atoms with Crippen LogP contribution in [0.25, 0.3) is 0 Å². The van der Waals surface area contributed by atoms with Crippen molar-refractivity contribution in [2.45, 2.75) is 36.0 Å². The molecule has 2 rings (SSSR count). The summed E-state index contributed by atoms with van der Waals surface area (Å²) in [7, 11) is 0. The zero-order chi connectivity index (χ0) is 11.4.